The zero-order valence-electron chi connectivity index (χ0n) is 10.5. The van der Waals surface area contributed by atoms with Crippen molar-refractivity contribution in [1.82, 2.24) is 10.2 Å². The van der Waals surface area contributed by atoms with Crippen molar-refractivity contribution in [3.05, 3.63) is 0 Å². The van der Waals surface area contributed by atoms with Crippen molar-refractivity contribution in [2.75, 3.05) is 39.4 Å². The summed E-state index contributed by atoms with van der Waals surface area (Å²) in [5.41, 5.74) is 0. The lowest BCUT2D eigenvalue weighted by molar-refractivity contribution is -0.137. The van der Waals surface area contributed by atoms with Crippen LogP contribution in [-0.2, 0) is 9.53 Å². The van der Waals surface area contributed by atoms with Crippen LogP contribution >= 0.6 is 0 Å². The van der Waals surface area contributed by atoms with Crippen LogP contribution in [0.3, 0.4) is 0 Å². The quantitative estimate of drug-likeness (QED) is 0.733. The predicted octanol–water partition coefficient (Wildman–Crippen LogP) is 0.871. The van der Waals surface area contributed by atoms with Gasteiger partial charge in [0.25, 0.3) is 0 Å². The van der Waals surface area contributed by atoms with Gasteiger partial charge in [-0.1, -0.05) is 20.3 Å². The molecule has 0 spiro atoms. The van der Waals surface area contributed by atoms with Gasteiger partial charge in [-0.3, -0.25) is 4.79 Å². The summed E-state index contributed by atoms with van der Waals surface area (Å²) >= 11 is 0. The maximum absolute atomic E-state index is 11.7. The SMILES string of the molecule is CCCC(C)COCC(=O)N1CCNCC1. The van der Waals surface area contributed by atoms with E-state index in [9.17, 15) is 4.79 Å². The van der Waals surface area contributed by atoms with Gasteiger partial charge in [0.1, 0.15) is 6.61 Å². The van der Waals surface area contributed by atoms with Crippen molar-refractivity contribution in [2.45, 2.75) is 26.7 Å². The van der Waals surface area contributed by atoms with Gasteiger partial charge < -0.3 is 15.0 Å². The molecule has 1 N–H and O–H groups in total. The Bertz CT molecular complexity index is 203. The van der Waals surface area contributed by atoms with Gasteiger partial charge in [-0.15, -0.1) is 0 Å². The van der Waals surface area contributed by atoms with Crippen LogP contribution in [0.5, 0.6) is 0 Å². The fraction of sp³-hybridized carbons (Fsp3) is 0.917. The van der Waals surface area contributed by atoms with Crippen LogP contribution in [0.15, 0.2) is 0 Å². The molecule has 0 radical (unpaired) electrons. The van der Waals surface area contributed by atoms with Crippen molar-refractivity contribution < 1.29 is 9.53 Å². The average Bonchev–Trinajstić information content (AvgIpc) is 2.30. The van der Waals surface area contributed by atoms with E-state index in [1.54, 1.807) is 0 Å². The minimum Gasteiger partial charge on any atom is -0.371 e. The molecule has 0 aliphatic carbocycles. The third kappa shape index (κ3) is 4.94. The fourth-order valence-electron chi connectivity index (χ4n) is 1.93. The molecule has 1 aliphatic heterocycles. The second-order valence-electron chi connectivity index (χ2n) is 4.54. The number of hydrogen-bond donors (Lipinski definition) is 1. The Morgan fingerprint density at radius 1 is 1.44 bits per heavy atom. The molecule has 0 aromatic rings. The van der Waals surface area contributed by atoms with Gasteiger partial charge in [0.05, 0.1) is 0 Å². The van der Waals surface area contributed by atoms with Gasteiger partial charge in [0, 0.05) is 32.8 Å². The van der Waals surface area contributed by atoms with Crippen molar-refractivity contribution in [1.29, 1.82) is 0 Å². The first-order valence-corrected chi connectivity index (χ1v) is 6.30. The van der Waals surface area contributed by atoms with E-state index in [1.165, 1.54) is 12.8 Å². The highest BCUT2D eigenvalue weighted by Gasteiger charge is 2.16. The van der Waals surface area contributed by atoms with Gasteiger partial charge in [0.2, 0.25) is 5.91 Å². The molecule has 1 rings (SSSR count). The number of ether oxygens (including phenoxy) is 1. The van der Waals surface area contributed by atoms with Crippen LogP contribution in [-0.4, -0.2) is 50.2 Å². The largest absolute Gasteiger partial charge is 0.371 e. The molecule has 0 bridgehead atoms. The smallest absolute Gasteiger partial charge is 0.248 e. The predicted molar refractivity (Wildman–Crippen MR) is 64.3 cm³/mol. The molecule has 1 fully saturated rings. The van der Waals surface area contributed by atoms with E-state index < -0.39 is 0 Å². The minimum atomic E-state index is 0.130. The molecule has 1 heterocycles. The van der Waals surface area contributed by atoms with Gasteiger partial charge in [-0.05, 0) is 12.3 Å². The van der Waals surface area contributed by atoms with E-state index in [-0.39, 0.29) is 12.5 Å². The molecule has 4 nitrogen and oxygen atoms in total. The Morgan fingerprint density at radius 2 is 2.12 bits per heavy atom. The van der Waals surface area contributed by atoms with Crippen LogP contribution in [0.1, 0.15) is 26.7 Å². The molecular formula is C12H24N2O2. The van der Waals surface area contributed by atoms with Crippen molar-refractivity contribution in [3.8, 4) is 0 Å². The zero-order chi connectivity index (χ0) is 11.8. The van der Waals surface area contributed by atoms with Gasteiger partial charge in [-0.25, -0.2) is 0 Å². The normalized spacial score (nSPS) is 18.5. The summed E-state index contributed by atoms with van der Waals surface area (Å²) in [4.78, 5) is 13.6. The molecule has 1 unspecified atom stereocenters. The fourth-order valence-corrected chi connectivity index (χ4v) is 1.93. The number of nitrogens with zero attached hydrogens (tertiary/aromatic N) is 1. The average molecular weight is 228 g/mol. The summed E-state index contributed by atoms with van der Waals surface area (Å²) in [5.74, 6) is 0.686. The molecule has 0 saturated carbocycles. The number of hydrogen-bond acceptors (Lipinski definition) is 3. The van der Waals surface area contributed by atoms with Crippen LogP contribution in [0.25, 0.3) is 0 Å². The highest BCUT2D eigenvalue weighted by molar-refractivity contribution is 5.77. The lowest BCUT2D eigenvalue weighted by Gasteiger charge is -2.27. The molecular weight excluding hydrogens is 204 g/mol. The number of carbonyl (C=O) groups is 1. The van der Waals surface area contributed by atoms with E-state index in [0.29, 0.717) is 12.5 Å². The lowest BCUT2D eigenvalue weighted by atomic mass is 10.1. The first-order valence-electron chi connectivity index (χ1n) is 6.30. The van der Waals surface area contributed by atoms with E-state index in [2.05, 4.69) is 19.2 Å². The van der Waals surface area contributed by atoms with E-state index in [0.717, 1.165) is 26.2 Å². The number of amides is 1. The first-order chi connectivity index (χ1) is 7.74. The second-order valence-corrected chi connectivity index (χ2v) is 4.54. The van der Waals surface area contributed by atoms with Crippen LogP contribution in [0, 0.1) is 5.92 Å². The Morgan fingerprint density at radius 3 is 2.75 bits per heavy atom. The van der Waals surface area contributed by atoms with E-state index >= 15 is 0 Å². The lowest BCUT2D eigenvalue weighted by Crippen LogP contribution is -2.47. The topological polar surface area (TPSA) is 41.6 Å². The van der Waals surface area contributed by atoms with Gasteiger partial charge in [-0.2, -0.15) is 0 Å². The third-order valence-electron chi connectivity index (χ3n) is 2.88. The van der Waals surface area contributed by atoms with Crippen LogP contribution in [0.4, 0.5) is 0 Å². The second kappa shape index (κ2) is 7.63. The van der Waals surface area contributed by atoms with E-state index in [1.807, 2.05) is 4.90 Å². The number of piperazine rings is 1. The standard InChI is InChI=1S/C12H24N2O2/c1-3-4-11(2)9-16-10-12(15)14-7-5-13-6-8-14/h11,13H,3-10H2,1-2H3. The molecule has 4 heteroatoms. The number of nitrogens with one attached hydrogen (secondary N) is 1. The Kier molecular flexibility index (Phi) is 6.42. The Hall–Kier alpha value is -0.610. The Balaban J connectivity index is 2.09. The molecule has 16 heavy (non-hydrogen) atoms. The highest BCUT2D eigenvalue weighted by atomic mass is 16.5. The van der Waals surface area contributed by atoms with Gasteiger partial charge in [0.15, 0.2) is 0 Å². The van der Waals surface area contributed by atoms with Crippen LogP contribution < -0.4 is 5.32 Å². The zero-order valence-corrected chi connectivity index (χ0v) is 10.5. The van der Waals surface area contributed by atoms with Crippen molar-refractivity contribution in [2.24, 2.45) is 5.92 Å². The Labute approximate surface area is 98.3 Å². The van der Waals surface area contributed by atoms with E-state index in [4.69, 9.17) is 4.74 Å². The minimum absolute atomic E-state index is 0.130. The molecule has 1 saturated heterocycles. The first kappa shape index (κ1) is 13.5. The summed E-state index contributed by atoms with van der Waals surface area (Å²) in [6, 6.07) is 0. The van der Waals surface area contributed by atoms with Crippen molar-refractivity contribution in [3.63, 3.8) is 0 Å². The summed E-state index contributed by atoms with van der Waals surface area (Å²) < 4.78 is 5.45. The van der Waals surface area contributed by atoms with Crippen LogP contribution in [0.2, 0.25) is 0 Å². The molecule has 1 atom stereocenters. The monoisotopic (exact) mass is 228 g/mol. The summed E-state index contributed by atoms with van der Waals surface area (Å²) in [6.45, 7) is 8.70. The molecule has 1 amide bonds. The molecule has 94 valence electrons. The molecule has 0 aromatic carbocycles. The maximum Gasteiger partial charge on any atom is 0.248 e. The highest BCUT2D eigenvalue weighted by Crippen LogP contribution is 2.05. The number of rotatable bonds is 6. The molecule has 0 aromatic heterocycles. The third-order valence-corrected chi connectivity index (χ3v) is 2.88. The maximum atomic E-state index is 11.7. The molecule has 1 aliphatic rings. The van der Waals surface area contributed by atoms with Gasteiger partial charge >= 0.3 is 0 Å². The summed E-state index contributed by atoms with van der Waals surface area (Å²) in [5, 5.41) is 3.23. The summed E-state index contributed by atoms with van der Waals surface area (Å²) in [7, 11) is 0. The summed E-state index contributed by atoms with van der Waals surface area (Å²) in [6.07, 6.45) is 2.35. The number of carbonyl (C=O) groups excluding carboxylic acids is 1. The van der Waals surface area contributed by atoms with Crippen molar-refractivity contribution >= 4 is 5.91 Å².